The van der Waals surface area contributed by atoms with Crippen molar-refractivity contribution in [3.8, 4) is 5.75 Å². The van der Waals surface area contributed by atoms with Gasteiger partial charge in [0.2, 0.25) is 5.43 Å². The van der Waals surface area contributed by atoms with Gasteiger partial charge in [-0.05, 0) is 24.8 Å². The molecule has 2 heterocycles. The molecule has 130 valence electrons. The van der Waals surface area contributed by atoms with E-state index >= 15 is 0 Å². The van der Waals surface area contributed by atoms with Gasteiger partial charge in [-0.2, -0.15) is 0 Å². The van der Waals surface area contributed by atoms with Crippen molar-refractivity contribution < 1.29 is 15.0 Å². The van der Waals surface area contributed by atoms with Gasteiger partial charge in [0.25, 0.3) is 5.91 Å². The molecule has 4 rings (SSSR count). The molecule has 1 amide bonds. The fourth-order valence-corrected chi connectivity index (χ4v) is 4.37. The monoisotopic (exact) mass is 340 g/mol. The second-order valence-electron chi connectivity index (χ2n) is 6.90. The molecule has 3 atom stereocenters. The first-order valence-corrected chi connectivity index (χ1v) is 8.44. The van der Waals surface area contributed by atoms with Crippen molar-refractivity contribution >= 4 is 5.91 Å². The summed E-state index contributed by atoms with van der Waals surface area (Å²) in [5, 5.41) is 21.8. The highest BCUT2D eigenvalue weighted by atomic mass is 16.3. The molecule has 1 aromatic carbocycles. The van der Waals surface area contributed by atoms with Crippen LogP contribution in [-0.2, 0) is 5.60 Å². The third-order valence-corrected chi connectivity index (χ3v) is 5.61. The van der Waals surface area contributed by atoms with Gasteiger partial charge in [0.05, 0.1) is 12.1 Å². The molecule has 2 N–H and O–H groups in total. The summed E-state index contributed by atoms with van der Waals surface area (Å²) in [5.41, 5.74) is -1.05. The molecule has 2 aromatic rings. The second kappa shape index (κ2) is 5.46. The van der Waals surface area contributed by atoms with E-state index in [2.05, 4.69) is 0 Å². The zero-order valence-corrected chi connectivity index (χ0v) is 13.9. The number of pyridine rings is 1. The highest BCUT2D eigenvalue weighted by Gasteiger charge is 2.52. The number of likely N-dealkylation sites (N-methyl/N-ethyl adjacent to an activating group) is 1. The first-order chi connectivity index (χ1) is 11.9. The van der Waals surface area contributed by atoms with Crippen LogP contribution in [0, 0.1) is 0 Å². The molecular formula is C19H20N2O4. The SMILES string of the molecule is CN1C(=O)c2c(O)c(=O)ccn2C2C1CCCC2(O)c1ccccc1. The minimum atomic E-state index is -1.19. The van der Waals surface area contributed by atoms with E-state index in [9.17, 15) is 19.8 Å². The number of aromatic nitrogens is 1. The zero-order valence-electron chi connectivity index (χ0n) is 13.9. The number of carbonyl (C=O) groups excluding carboxylic acids is 1. The highest BCUT2D eigenvalue weighted by Crippen LogP contribution is 2.49. The molecule has 1 aliphatic carbocycles. The van der Waals surface area contributed by atoms with E-state index in [0.717, 1.165) is 18.4 Å². The summed E-state index contributed by atoms with van der Waals surface area (Å²) in [6, 6.07) is 9.96. The van der Waals surface area contributed by atoms with Crippen LogP contribution in [0.3, 0.4) is 0 Å². The van der Waals surface area contributed by atoms with Gasteiger partial charge in [-0.3, -0.25) is 9.59 Å². The van der Waals surface area contributed by atoms with Crippen molar-refractivity contribution in [3.05, 3.63) is 64.1 Å². The van der Waals surface area contributed by atoms with E-state index < -0.39 is 28.7 Å². The number of fused-ring (bicyclic) bond motifs is 3. The number of nitrogens with zero attached hydrogens (tertiary/aromatic N) is 2. The minimum absolute atomic E-state index is 0.0486. The Hall–Kier alpha value is -2.60. The van der Waals surface area contributed by atoms with Gasteiger partial charge in [0.1, 0.15) is 5.60 Å². The van der Waals surface area contributed by atoms with Gasteiger partial charge in [0, 0.05) is 19.3 Å². The first-order valence-electron chi connectivity index (χ1n) is 8.44. The van der Waals surface area contributed by atoms with Gasteiger partial charge in [0.15, 0.2) is 11.4 Å². The molecule has 0 bridgehead atoms. The van der Waals surface area contributed by atoms with E-state index in [1.165, 1.54) is 12.3 Å². The third-order valence-electron chi connectivity index (χ3n) is 5.61. The predicted octanol–water partition coefficient (Wildman–Crippen LogP) is 1.62. The molecule has 25 heavy (non-hydrogen) atoms. The second-order valence-corrected chi connectivity index (χ2v) is 6.90. The van der Waals surface area contributed by atoms with Crippen LogP contribution in [0.5, 0.6) is 5.75 Å². The molecule has 1 aromatic heterocycles. The Morgan fingerprint density at radius 1 is 1.16 bits per heavy atom. The van der Waals surface area contributed by atoms with Crippen LogP contribution in [0.15, 0.2) is 47.4 Å². The topological polar surface area (TPSA) is 82.8 Å². The molecule has 1 aliphatic heterocycles. The van der Waals surface area contributed by atoms with E-state index in [4.69, 9.17) is 0 Å². The maximum absolute atomic E-state index is 12.7. The third kappa shape index (κ3) is 2.14. The average Bonchev–Trinajstić information content (AvgIpc) is 2.63. The average molecular weight is 340 g/mol. The number of aliphatic hydroxyl groups is 1. The summed E-state index contributed by atoms with van der Waals surface area (Å²) >= 11 is 0. The van der Waals surface area contributed by atoms with Gasteiger partial charge < -0.3 is 19.7 Å². The summed E-state index contributed by atoms with van der Waals surface area (Å²) in [6.07, 6.45) is 3.60. The molecule has 2 aliphatic rings. The minimum Gasteiger partial charge on any atom is -0.503 e. The van der Waals surface area contributed by atoms with Crippen molar-refractivity contribution in [2.24, 2.45) is 0 Å². The Kier molecular flexibility index (Phi) is 3.47. The predicted molar refractivity (Wildman–Crippen MR) is 91.5 cm³/mol. The van der Waals surface area contributed by atoms with Gasteiger partial charge in [-0.15, -0.1) is 0 Å². The molecule has 6 nitrogen and oxygen atoms in total. The van der Waals surface area contributed by atoms with Crippen LogP contribution >= 0.6 is 0 Å². The fourth-order valence-electron chi connectivity index (χ4n) is 4.37. The number of rotatable bonds is 1. The lowest BCUT2D eigenvalue weighted by molar-refractivity contribution is -0.0836. The molecule has 1 saturated carbocycles. The molecule has 0 radical (unpaired) electrons. The first kappa shape index (κ1) is 15.9. The highest BCUT2D eigenvalue weighted by molar-refractivity contribution is 5.96. The van der Waals surface area contributed by atoms with Crippen molar-refractivity contribution in [3.63, 3.8) is 0 Å². The van der Waals surface area contributed by atoms with E-state index in [1.807, 2.05) is 30.3 Å². The maximum atomic E-state index is 12.7. The summed E-state index contributed by atoms with van der Waals surface area (Å²) in [5.74, 6) is -0.951. The number of hydrogen-bond acceptors (Lipinski definition) is 4. The van der Waals surface area contributed by atoms with E-state index in [1.54, 1.807) is 16.5 Å². The molecule has 6 heteroatoms. The van der Waals surface area contributed by atoms with Gasteiger partial charge in [-0.25, -0.2) is 0 Å². The maximum Gasteiger partial charge on any atom is 0.274 e. The lowest BCUT2D eigenvalue weighted by Crippen LogP contribution is -2.58. The molecule has 0 spiro atoms. The van der Waals surface area contributed by atoms with Crippen molar-refractivity contribution in [1.82, 2.24) is 9.47 Å². The van der Waals surface area contributed by atoms with Gasteiger partial charge >= 0.3 is 0 Å². The summed E-state index contributed by atoms with van der Waals surface area (Å²) < 4.78 is 1.59. The van der Waals surface area contributed by atoms with Crippen LogP contribution in [0.1, 0.15) is 41.4 Å². The fraction of sp³-hybridized carbons (Fsp3) is 0.368. The Morgan fingerprint density at radius 3 is 2.60 bits per heavy atom. The van der Waals surface area contributed by atoms with Crippen LogP contribution in [0.25, 0.3) is 0 Å². The normalized spacial score (nSPS) is 28.4. The van der Waals surface area contributed by atoms with Crippen LogP contribution in [0.4, 0.5) is 0 Å². The quantitative estimate of drug-likeness (QED) is 0.826. The largest absolute Gasteiger partial charge is 0.503 e. The number of hydrogen-bond donors (Lipinski definition) is 2. The van der Waals surface area contributed by atoms with Crippen molar-refractivity contribution in [2.45, 2.75) is 36.9 Å². The summed E-state index contributed by atoms with van der Waals surface area (Å²) in [6.45, 7) is 0. The number of benzene rings is 1. The smallest absolute Gasteiger partial charge is 0.274 e. The summed E-state index contributed by atoms with van der Waals surface area (Å²) in [4.78, 5) is 26.1. The lowest BCUT2D eigenvalue weighted by atomic mass is 9.71. The standard InChI is InChI=1S/C19H20N2O4/c1-20-13-8-5-10-19(25,12-6-3-2-4-7-12)17(13)21-11-9-14(22)16(23)15(21)18(20)24/h2-4,6-7,9,11,13,17,23,25H,5,8,10H2,1H3. The van der Waals surface area contributed by atoms with E-state index in [0.29, 0.717) is 6.42 Å². The molecular weight excluding hydrogens is 320 g/mol. The Balaban J connectivity index is 1.98. The number of aromatic hydroxyl groups is 1. The molecule has 1 fully saturated rings. The lowest BCUT2D eigenvalue weighted by Gasteiger charge is -2.52. The van der Waals surface area contributed by atoms with Gasteiger partial charge in [-0.1, -0.05) is 30.3 Å². The van der Waals surface area contributed by atoms with Crippen LogP contribution in [-0.4, -0.2) is 38.7 Å². The Bertz CT molecular complexity index is 892. The van der Waals surface area contributed by atoms with Crippen molar-refractivity contribution in [2.75, 3.05) is 7.05 Å². The molecule has 0 saturated heterocycles. The number of amides is 1. The van der Waals surface area contributed by atoms with Crippen LogP contribution in [0.2, 0.25) is 0 Å². The van der Waals surface area contributed by atoms with Crippen LogP contribution < -0.4 is 5.43 Å². The van der Waals surface area contributed by atoms with Crippen molar-refractivity contribution in [1.29, 1.82) is 0 Å². The Labute approximate surface area is 144 Å². The number of carbonyl (C=O) groups is 1. The zero-order chi connectivity index (χ0) is 17.8. The Morgan fingerprint density at radius 2 is 1.88 bits per heavy atom. The van der Waals surface area contributed by atoms with E-state index in [-0.39, 0.29) is 11.7 Å². The molecule has 3 unspecified atom stereocenters. The summed E-state index contributed by atoms with van der Waals surface area (Å²) in [7, 11) is 1.66.